The minimum absolute atomic E-state index is 0.0479. The third kappa shape index (κ3) is 5.23. The summed E-state index contributed by atoms with van der Waals surface area (Å²) in [5.74, 6) is -0.370. The Labute approximate surface area is 181 Å². The molecule has 0 aromatic heterocycles. The second-order valence-corrected chi connectivity index (χ2v) is 12.0. The summed E-state index contributed by atoms with van der Waals surface area (Å²) >= 11 is 1.62. The molecule has 0 bridgehead atoms. The Morgan fingerprint density at radius 3 is 1.97 bits per heavy atom. The molecule has 1 N–H and O–H groups in total. The van der Waals surface area contributed by atoms with Crippen molar-refractivity contribution >= 4 is 43.2 Å². The molecule has 1 saturated heterocycles. The molecular formula is C20H24N2O5S3. The van der Waals surface area contributed by atoms with E-state index < -0.39 is 19.9 Å². The molecular weight excluding hydrogens is 444 g/mol. The van der Waals surface area contributed by atoms with Crippen LogP contribution in [0.4, 0.5) is 5.69 Å². The number of carbonyl (C=O) groups excluding carboxylic acids is 1. The first-order valence-electron chi connectivity index (χ1n) is 9.36. The number of carbonyl (C=O) groups is 1. The van der Waals surface area contributed by atoms with Gasteiger partial charge in [0.15, 0.2) is 9.84 Å². The zero-order valence-corrected chi connectivity index (χ0v) is 19.2. The van der Waals surface area contributed by atoms with E-state index in [-0.39, 0.29) is 34.7 Å². The number of benzene rings is 2. The van der Waals surface area contributed by atoms with Gasteiger partial charge in [-0.15, -0.1) is 11.8 Å². The summed E-state index contributed by atoms with van der Waals surface area (Å²) in [6.07, 6.45) is 3.91. The Bertz CT molecular complexity index is 1100. The predicted molar refractivity (Wildman–Crippen MR) is 118 cm³/mol. The van der Waals surface area contributed by atoms with E-state index in [4.69, 9.17) is 0 Å². The molecule has 1 amide bonds. The van der Waals surface area contributed by atoms with Gasteiger partial charge in [0.1, 0.15) is 0 Å². The van der Waals surface area contributed by atoms with Crippen LogP contribution in [0.2, 0.25) is 0 Å². The SMILES string of the molecule is CSc1ccc(NC(=O)C2CCN(S(=O)(=O)c3ccc(S(C)(=O)=O)cc3)CC2)cc1. The Balaban J connectivity index is 1.61. The van der Waals surface area contributed by atoms with Crippen LogP contribution in [0.5, 0.6) is 0 Å². The first-order valence-corrected chi connectivity index (χ1v) is 13.9. The molecule has 0 spiro atoms. The maximum atomic E-state index is 12.9. The number of nitrogens with zero attached hydrogens (tertiary/aromatic N) is 1. The first kappa shape index (κ1) is 22.8. The van der Waals surface area contributed by atoms with Crippen molar-refractivity contribution in [1.82, 2.24) is 4.31 Å². The number of nitrogens with one attached hydrogen (secondary N) is 1. The second-order valence-electron chi connectivity index (χ2n) is 7.14. The Kier molecular flexibility index (Phi) is 6.91. The van der Waals surface area contributed by atoms with Crippen LogP contribution >= 0.6 is 11.8 Å². The molecule has 2 aromatic carbocycles. The van der Waals surface area contributed by atoms with Crippen molar-refractivity contribution in [3.05, 3.63) is 48.5 Å². The van der Waals surface area contributed by atoms with E-state index in [9.17, 15) is 21.6 Å². The van der Waals surface area contributed by atoms with Crippen LogP contribution in [0.15, 0.2) is 63.2 Å². The van der Waals surface area contributed by atoms with Gasteiger partial charge in [0.05, 0.1) is 9.79 Å². The lowest BCUT2D eigenvalue weighted by Gasteiger charge is -2.30. The fourth-order valence-electron chi connectivity index (χ4n) is 3.28. The summed E-state index contributed by atoms with van der Waals surface area (Å²) < 4.78 is 50.2. The van der Waals surface area contributed by atoms with E-state index in [1.165, 1.54) is 28.6 Å². The lowest BCUT2D eigenvalue weighted by molar-refractivity contribution is -0.120. The van der Waals surface area contributed by atoms with Gasteiger partial charge in [0.25, 0.3) is 0 Å². The van der Waals surface area contributed by atoms with Gasteiger partial charge in [-0.1, -0.05) is 0 Å². The largest absolute Gasteiger partial charge is 0.326 e. The van der Waals surface area contributed by atoms with Crippen LogP contribution in [-0.2, 0) is 24.7 Å². The van der Waals surface area contributed by atoms with Crippen molar-refractivity contribution in [2.45, 2.75) is 27.5 Å². The fraction of sp³-hybridized carbons (Fsp3) is 0.350. The molecule has 1 fully saturated rings. The Hall–Kier alpha value is -1.88. The molecule has 7 nitrogen and oxygen atoms in total. The van der Waals surface area contributed by atoms with Gasteiger partial charge < -0.3 is 5.32 Å². The lowest BCUT2D eigenvalue weighted by atomic mass is 9.97. The molecule has 0 radical (unpaired) electrons. The number of sulfone groups is 1. The average molecular weight is 469 g/mol. The summed E-state index contributed by atoms with van der Waals surface area (Å²) in [7, 11) is -7.13. The number of thioether (sulfide) groups is 1. The molecule has 30 heavy (non-hydrogen) atoms. The van der Waals surface area contributed by atoms with Crippen molar-refractivity contribution in [3.8, 4) is 0 Å². The maximum Gasteiger partial charge on any atom is 0.243 e. The standard InChI is InChI=1S/C20H24N2O5S3/c1-28-17-5-3-16(4-6-17)21-20(23)15-11-13-22(14-12-15)30(26,27)19-9-7-18(8-10-19)29(2,24)25/h3-10,15H,11-14H2,1-2H3,(H,21,23). The number of sulfonamides is 1. The molecule has 0 aliphatic carbocycles. The van der Waals surface area contributed by atoms with Crippen LogP contribution in [-0.4, -0.2) is 52.6 Å². The van der Waals surface area contributed by atoms with Crippen LogP contribution in [0.3, 0.4) is 0 Å². The molecule has 3 rings (SSSR count). The van der Waals surface area contributed by atoms with Gasteiger partial charge in [-0.25, -0.2) is 16.8 Å². The highest BCUT2D eigenvalue weighted by Crippen LogP contribution is 2.26. The molecule has 1 heterocycles. The Morgan fingerprint density at radius 2 is 1.47 bits per heavy atom. The predicted octanol–water partition coefficient (Wildman–Crippen LogP) is 2.85. The molecule has 0 saturated carbocycles. The molecule has 1 aliphatic heterocycles. The summed E-state index contributed by atoms with van der Waals surface area (Å²) in [6.45, 7) is 0.472. The zero-order chi connectivity index (χ0) is 21.9. The smallest absolute Gasteiger partial charge is 0.243 e. The highest BCUT2D eigenvalue weighted by molar-refractivity contribution is 7.98. The van der Waals surface area contributed by atoms with E-state index in [2.05, 4.69) is 5.32 Å². The van der Waals surface area contributed by atoms with Gasteiger partial charge in [-0.2, -0.15) is 4.31 Å². The maximum absolute atomic E-state index is 12.9. The van der Waals surface area contributed by atoms with Gasteiger partial charge in [-0.05, 0) is 67.6 Å². The topological polar surface area (TPSA) is 101 Å². The third-order valence-corrected chi connectivity index (χ3v) is 8.86. The van der Waals surface area contributed by atoms with Crippen molar-refractivity contribution in [3.63, 3.8) is 0 Å². The van der Waals surface area contributed by atoms with Gasteiger partial charge in [0.2, 0.25) is 15.9 Å². The number of piperidine rings is 1. The summed E-state index contributed by atoms with van der Waals surface area (Å²) in [5.41, 5.74) is 0.721. The highest BCUT2D eigenvalue weighted by Gasteiger charge is 2.32. The van der Waals surface area contributed by atoms with Crippen LogP contribution in [0.1, 0.15) is 12.8 Å². The highest BCUT2D eigenvalue weighted by atomic mass is 32.2. The molecule has 0 atom stereocenters. The van der Waals surface area contributed by atoms with E-state index in [1.54, 1.807) is 11.8 Å². The molecule has 1 aliphatic rings. The first-order chi connectivity index (χ1) is 14.1. The normalized spacial score (nSPS) is 16.3. The fourth-order valence-corrected chi connectivity index (χ4v) is 5.79. The molecule has 10 heteroatoms. The van der Waals surface area contributed by atoms with E-state index in [0.29, 0.717) is 12.8 Å². The summed E-state index contributed by atoms with van der Waals surface area (Å²) in [6, 6.07) is 12.8. The van der Waals surface area contributed by atoms with Crippen molar-refractivity contribution in [2.75, 3.05) is 30.9 Å². The lowest BCUT2D eigenvalue weighted by Crippen LogP contribution is -2.41. The minimum Gasteiger partial charge on any atom is -0.326 e. The zero-order valence-electron chi connectivity index (χ0n) is 16.7. The minimum atomic E-state index is -3.74. The van der Waals surface area contributed by atoms with Crippen LogP contribution in [0.25, 0.3) is 0 Å². The quantitative estimate of drug-likeness (QED) is 0.655. The second kappa shape index (κ2) is 9.09. The van der Waals surface area contributed by atoms with E-state index >= 15 is 0 Å². The number of anilines is 1. The number of rotatable bonds is 6. The van der Waals surface area contributed by atoms with Gasteiger partial charge in [0, 0.05) is 35.8 Å². The monoisotopic (exact) mass is 468 g/mol. The number of amides is 1. The van der Waals surface area contributed by atoms with E-state index in [0.717, 1.165) is 16.8 Å². The summed E-state index contributed by atoms with van der Waals surface area (Å²) in [5, 5.41) is 2.90. The van der Waals surface area contributed by atoms with Crippen molar-refractivity contribution < 1.29 is 21.6 Å². The molecule has 2 aromatic rings. The molecule has 0 unspecified atom stereocenters. The third-order valence-electron chi connectivity index (χ3n) is 5.07. The van der Waals surface area contributed by atoms with Gasteiger partial charge >= 0.3 is 0 Å². The van der Waals surface area contributed by atoms with Gasteiger partial charge in [-0.3, -0.25) is 4.79 Å². The molecule has 162 valence electrons. The number of hydrogen-bond donors (Lipinski definition) is 1. The van der Waals surface area contributed by atoms with Crippen molar-refractivity contribution in [1.29, 1.82) is 0 Å². The van der Waals surface area contributed by atoms with E-state index in [1.807, 2.05) is 30.5 Å². The average Bonchev–Trinajstić information content (AvgIpc) is 2.74. The summed E-state index contributed by atoms with van der Waals surface area (Å²) in [4.78, 5) is 13.8. The van der Waals surface area contributed by atoms with Crippen LogP contribution in [0, 0.1) is 5.92 Å². The van der Waals surface area contributed by atoms with Crippen molar-refractivity contribution in [2.24, 2.45) is 5.92 Å². The van der Waals surface area contributed by atoms with Crippen LogP contribution < -0.4 is 5.32 Å². The Morgan fingerprint density at radius 1 is 0.933 bits per heavy atom. The number of hydrogen-bond acceptors (Lipinski definition) is 6.